The van der Waals surface area contributed by atoms with E-state index in [2.05, 4.69) is 30.2 Å². The summed E-state index contributed by atoms with van der Waals surface area (Å²) in [6.07, 6.45) is 3.02. The van der Waals surface area contributed by atoms with E-state index >= 15 is 0 Å². The van der Waals surface area contributed by atoms with Gasteiger partial charge in [0.1, 0.15) is 5.82 Å². The molecule has 1 aliphatic heterocycles. The van der Waals surface area contributed by atoms with Gasteiger partial charge in [0.15, 0.2) is 0 Å². The highest BCUT2D eigenvalue weighted by molar-refractivity contribution is 5.37. The van der Waals surface area contributed by atoms with E-state index in [9.17, 15) is 0 Å². The minimum absolute atomic E-state index is 0.433. The van der Waals surface area contributed by atoms with Crippen LogP contribution in [0.25, 0.3) is 0 Å². The summed E-state index contributed by atoms with van der Waals surface area (Å²) in [6, 6.07) is 4.62. The third-order valence-corrected chi connectivity index (χ3v) is 2.73. The van der Waals surface area contributed by atoms with Gasteiger partial charge in [-0.05, 0) is 24.0 Å². The van der Waals surface area contributed by atoms with Crippen LogP contribution in [0.15, 0.2) is 18.3 Å². The van der Waals surface area contributed by atoms with Crippen molar-refractivity contribution in [3.8, 4) is 0 Å². The first-order chi connectivity index (χ1) is 7.25. The van der Waals surface area contributed by atoms with Gasteiger partial charge in [0.05, 0.1) is 12.6 Å². The molecule has 0 amide bonds. The molecule has 1 N–H and O–H groups in total. The standard InChI is InChI=1S/C12H18N2O/c1-9(2)10-3-4-12(13-7-10)14-11-5-6-15-8-11/h3-4,7,9,11H,5-6,8H2,1-2H3,(H,13,14)/t11-/m1/s1. The summed E-state index contributed by atoms with van der Waals surface area (Å²) in [7, 11) is 0. The normalized spacial score (nSPS) is 20.9. The number of hydrogen-bond donors (Lipinski definition) is 1. The molecule has 0 unspecified atom stereocenters. The Kier molecular flexibility index (Phi) is 3.21. The number of hydrogen-bond acceptors (Lipinski definition) is 3. The Hall–Kier alpha value is -1.09. The monoisotopic (exact) mass is 206 g/mol. The van der Waals surface area contributed by atoms with Gasteiger partial charge in [-0.1, -0.05) is 19.9 Å². The Balaban J connectivity index is 1.97. The lowest BCUT2D eigenvalue weighted by Gasteiger charge is -2.12. The van der Waals surface area contributed by atoms with Gasteiger partial charge in [0.2, 0.25) is 0 Å². The van der Waals surface area contributed by atoms with Crippen LogP contribution < -0.4 is 5.32 Å². The maximum Gasteiger partial charge on any atom is 0.126 e. The average molecular weight is 206 g/mol. The Morgan fingerprint density at radius 1 is 1.47 bits per heavy atom. The second kappa shape index (κ2) is 4.62. The van der Waals surface area contributed by atoms with Crippen molar-refractivity contribution in [1.29, 1.82) is 0 Å². The van der Waals surface area contributed by atoms with E-state index in [1.54, 1.807) is 0 Å². The number of rotatable bonds is 3. The third-order valence-electron chi connectivity index (χ3n) is 2.73. The van der Waals surface area contributed by atoms with Gasteiger partial charge in [-0.3, -0.25) is 0 Å². The molecule has 0 spiro atoms. The second-order valence-electron chi connectivity index (χ2n) is 4.34. The van der Waals surface area contributed by atoms with E-state index in [1.807, 2.05) is 12.3 Å². The average Bonchev–Trinajstić information content (AvgIpc) is 2.71. The van der Waals surface area contributed by atoms with Crippen LogP contribution in [0, 0.1) is 0 Å². The molecule has 3 nitrogen and oxygen atoms in total. The van der Waals surface area contributed by atoms with E-state index < -0.39 is 0 Å². The zero-order valence-corrected chi connectivity index (χ0v) is 9.36. The van der Waals surface area contributed by atoms with Crippen molar-refractivity contribution < 1.29 is 4.74 Å². The zero-order valence-electron chi connectivity index (χ0n) is 9.36. The van der Waals surface area contributed by atoms with Crippen LogP contribution in [0.3, 0.4) is 0 Å². The van der Waals surface area contributed by atoms with Crippen molar-refractivity contribution in [3.63, 3.8) is 0 Å². The van der Waals surface area contributed by atoms with E-state index in [1.165, 1.54) is 5.56 Å². The molecule has 1 aromatic rings. The molecule has 0 aliphatic carbocycles. The molecule has 1 atom stereocenters. The fourth-order valence-corrected chi connectivity index (χ4v) is 1.69. The smallest absolute Gasteiger partial charge is 0.126 e. The predicted molar refractivity (Wildman–Crippen MR) is 61.2 cm³/mol. The topological polar surface area (TPSA) is 34.1 Å². The van der Waals surface area contributed by atoms with Gasteiger partial charge in [0.25, 0.3) is 0 Å². The summed E-state index contributed by atoms with van der Waals surface area (Å²) in [6.45, 7) is 6.01. The molecule has 1 fully saturated rings. The van der Waals surface area contributed by atoms with Crippen LogP contribution in [0.4, 0.5) is 5.82 Å². The van der Waals surface area contributed by atoms with E-state index in [4.69, 9.17) is 4.74 Å². The highest BCUT2D eigenvalue weighted by Crippen LogP contribution is 2.16. The van der Waals surface area contributed by atoms with Crippen molar-refractivity contribution in [2.24, 2.45) is 0 Å². The van der Waals surface area contributed by atoms with Crippen LogP contribution in [0.5, 0.6) is 0 Å². The molecule has 0 aromatic carbocycles. The summed E-state index contributed by atoms with van der Waals surface area (Å²) in [5, 5.41) is 3.37. The minimum Gasteiger partial charge on any atom is -0.379 e. The summed E-state index contributed by atoms with van der Waals surface area (Å²) < 4.78 is 5.30. The van der Waals surface area contributed by atoms with Gasteiger partial charge in [-0.25, -0.2) is 4.98 Å². The molecule has 0 saturated carbocycles. The van der Waals surface area contributed by atoms with E-state index in [-0.39, 0.29) is 0 Å². The molecular weight excluding hydrogens is 188 g/mol. The first kappa shape index (κ1) is 10.4. The Morgan fingerprint density at radius 3 is 2.87 bits per heavy atom. The molecule has 0 bridgehead atoms. The summed E-state index contributed by atoms with van der Waals surface area (Å²) in [5.74, 6) is 1.50. The number of pyridine rings is 1. The van der Waals surface area contributed by atoms with Crippen LogP contribution in [0.1, 0.15) is 31.7 Å². The minimum atomic E-state index is 0.433. The molecule has 2 heterocycles. The molecule has 1 aromatic heterocycles. The molecule has 1 aliphatic rings. The van der Waals surface area contributed by atoms with Crippen molar-refractivity contribution >= 4 is 5.82 Å². The zero-order chi connectivity index (χ0) is 10.7. The van der Waals surface area contributed by atoms with Crippen LogP contribution in [-0.4, -0.2) is 24.2 Å². The quantitative estimate of drug-likeness (QED) is 0.824. The summed E-state index contributed by atoms with van der Waals surface area (Å²) >= 11 is 0. The van der Waals surface area contributed by atoms with Crippen molar-refractivity contribution in [2.75, 3.05) is 18.5 Å². The first-order valence-corrected chi connectivity index (χ1v) is 5.56. The lowest BCUT2D eigenvalue weighted by molar-refractivity contribution is 0.195. The van der Waals surface area contributed by atoms with Crippen molar-refractivity contribution in [3.05, 3.63) is 23.9 Å². The predicted octanol–water partition coefficient (Wildman–Crippen LogP) is 2.41. The number of aromatic nitrogens is 1. The van der Waals surface area contributed by atoms with E-state index in [0.717, 1.165) is 25.5 Å². The van der Waals surface area contributed by atoms with Crippen molar-refractivity contribution in [1.82, 2.24) is 4.98 Å². The fourth-order valence-electron chi connectivity index (χ4n) is 1.69. The van der Waals surface area contributed by atoms with Crippen molar-refractivity contribution in [2.45, 2.75) is 32.2 Å². The summed E-state index contributed by atoms with van der Waals surface area (Å²) in [5.41, 5.74) is 1.28. The molecule has 2 rings (SSSR count). The first-order valence-electron chi connectivity index (χ1n) is 5.56. The van der Waals surface area contributed by atoms with Gasteiger partial charge < -0.3 is 10.1 Å². The number of ether oxygens (including phenoxy) is 1. The molecule has 1 saturated heterocycles. The Morgan fingerprint density at radius 2 is 2.33 bits per heavy atom. The number of nitrogens with one attached hydrogen (secondary N) is 1. The van der Waals surface area contributed by atoms with E-state index in [0.29, 0.717) is 12.0 Å². The van der Waals surface area contributed by atoms with Gasteiger partial charge in [-0.15, -0.1) is 0 Å². The fraction of sp³-hybridized carbons (Fsp3) is 0.583. The molecule has 15 heavy (non-hydrogen) atoms. The number of nitrogens with zero attached hydrogens (tertiary/aromatic N) is 1. The van der Waals surface area contributed by atoms with Gasteiger partial charge in [0, 0.05) is 12.8 Å². The largest absolute Gasteiger partial charge is 0.379 e. The SMILES string of the molecule is CC(C)c1ccc(N[C@@H]2CCOC2)nc1. The highest BCUT2D eigenvalue weighted by Gasteiger charge is 2.15. The molecule has 3 heteroatoms. The lowest BCUT2D eigenvalue weighted by Crippen LogP contribution is -2.19. The third kappa shape index (κ3) is 2.69. The lowest BCUT2D eigenvalue weighted by atomic mass is 10.1. The van der Waals surface area contributed by atoms with Gasteiger partial charge >= 0.3 is 0 Å². The Labute approximate surface area is 90.9 Å². The second-order valence-corrected chi connectivity index (χ2v) is 4.34. The maximum absolute atomic E-state index is 5.30. The van der Waals surface area contributed by atoms with Gasteiger partial charge in [-0.2, -0.15) is 0 Å². The maximum atomic E-state index is 5.30. The molecule has 82 valence electrons. The van der Waals surface area contributed by atoms with Crippen LogP contribution in [-0.2, 0) is 4.74 Å². The molecular formula is C12H18N2O. The summed E-state index contributed by atoms with van der Waals surface area (Å²) in [4.78, 5) is 4.40. The molecule has 0 radical (unpaired) electrons. The number of anilines is 1. The highest BCUT2D eigenvalue weighted by atomic mass is 16.5. The van der Waals surface area contributed by atoms with Crippen LogP contribution in [0.2, 0.25) is 0 Å². The Bertz CT molecular complexity index is 302. The van der Waals surface area contributed by atoms with Crippen LogP contribution >= 0.6 is 0 Å².